The first-order valence-corrected chi connectivity index (χ1v) is 4.31. The zero-order chi connectivity index (χ0) is 8.10. The number of carbonyl (C=O) groups is 1. The molecule has 0 saturated carbocycles. The highest BCUT2D eigenvalue weighted by molar-refractivity contribution is 7.99. The first-order chi connectivity index (χ1) is 5.29. The van der Waals surface area contributed by atoms with Crippen LogP contribution in [0.25, 0.3) is 0 Å². The van der Waals surface area contributed by atoms with Gasteiger partial charge in [0.25, 0.3) is 0 Å². The third-order valence-electron chi connectivity index (χ3n) is 1.06. The van der Waals surface area contributed by atoms with Crippen molar-refractivity contribution in [1.82, 2.24) is 4.98 Å². The molecule has 58 valence electrons. The van der Waals surface area contributed by atoms with Crippen LogP contribution in [0.1, 0.15) is 6.92 Å². The lowest BCUT2D eigenvalue weighted by Crippen LogP contribution is -1.93. The highest BCUT2D eigenvalue weighted by Gasteiger charge is 1.95. The van der Waals surface area contributed by atoms with Crippen LogP contribution in [-0.4, -0.2) is 16.5 Å². The first-order valence-electron chi connectivity index (χ1n) is 3.32. The molecule has 1 aromatic rings. The van der Waals surface area contributed by atoms with E-state index in [2.05, 4.69) is 4.98 Å². The predicted molar refractivity (Wildman–Crippen MR) is 45.6 cm³/mol. The van der Waals surface area contributed by atoms with Crippen molar-refractivity contribution in [3.63, 3.8) is 0 Å². The van der Waals surface area contributed by atoms with Gasteiger partial charge >= 0.3 is 0 Å². The Balaban J connectivity index is 2.45. The second-order valence-corrected chi connectivity index (χ2v) is 3.15. The largest absolute Gasteiger partial charge is 0.299 e. The third kappa shape index (κ3) is 3.18. The minimum atomic E-state index is 0.181. The summed E-state index contributed by atoms with van der Waals surface area (Å²) in [6, 6.07) is 5.67. The molecule has 0 amide bonds. The SMILES string of the molecule is CC(=O)CSc1ccccn1. The van der Waals surface area contributed by atoms with Crippen molar-refractivity contribution < 1.29 is 4.79 Å². The van der Waals surface area contributed by atoms with Crippen LogP contribution in [0.3, 0.4) is 0 Å². The maximum absolute atomic E-state index is 10.6. The Morgan fingerprint density at radius 1 is 1.64 bits per heavy atom. The summed E-state index contributed by atoms with van der Waals surface area (Å²) >= 11 is 1.47. The lowest BCUT2D eigenvalue weighted by Gasteiger charge is -1.94. The molecule has 0 atom stereocenters. The van der Waals surface area contributed by atoms with Crippen LogP contribution in [-0.2, 0) is 4.79 Å². The van der Waals surface area contributed by atoms with Gasteiger partial charge in [0.1, 0.15) is 5.78 Å². The maximum atomic E-state index is 10.6. The third-order valence-corrected chi connectivity index (χ3v) is 2.15. The number of carbonyl (C=O) groups excluding carboxylic acids is 1. The smallest absolute Gasteiger partial charge is 0.140 e. The van der Waals surface area contributed by atoms with Gasteiger partial charge in [-0.3, -0.25) is 4.79 Å². The highest BCUT2D eigenvalue weighted by atomic mass is 32.2. The van der Waals surface area contributed by atoms with Gasteiger partial charge in [0.2, 0.25) is 0 Å². The summed E-state index contributed by atoms with van der Waals surface area (Å²) < 4.78 is 0. The van der Waals surface area contributed by atoms with Crippen LogP contribution < -0.4 is 0 Å². The van der Waals surface area contributed by atoms with Crippen LogP contribution in [0.15, 0.2) is 29.4 Å². The van der Waals surface area contributed by atoms with Gasteiger partial charge in [0.05, 0.1) is 10.8 Å². The van der Waals surface area contributed by atoms with E-state index in [1.165, 1.54) is 11.8 Å². The van der Waals surface area contributed by atoms with Gasteiger partial charge in [-0.25, -0.2) is 4.98 Å². The molecular formula is C8H9NOS. The van der Waals surface area contributed by atoms with E-state index in [0.717, 1.165) is 5.03 Å². The molecule has 0 aliphatic carbocycles. The van der Waals surface area contributed by atoms with Crippen molar-refractivity contribution in [3.05, 3.63) is 24.4 Å². The average molecular weight is 167 g/mol. The maximum Gasteiger partial charge on any atom is 0.140 e. The van der Waals surface area contributed by atoms with E-state index in [-0.39, 0.29) is 5.78 Å². The van der Waals surface area contributed by atoms with Crippen molar-refractivity contribution in [1.29, 1.82) is 0 Å². The molecule has 0 aliphatic heterocycles. The molecule has 0 radical (unpaired) electrons. The molecule has 11 heavy (non-hydrogen) atoms. The number of hydrogen-bond acceptors (Lipinski definition) is 3. The van der Waals surface area contributed by atoms with Crippen LogP contribution >= 0.6 is 11.8 Å². The summed E-state index contributed by atoms with van der Waals surface area (Å²) in [7, 11) is 0. The Labute approximate surface area is 70.0 Å². The highest BCUT2D eigenvalue weighted by Crippen LogP contribution is 2.12. The molecular weight excluding hydrogens is 158 g/mol. The molecule has 0 aliphatic rings. The lowest BCUT2D eigenvalue weighted by atomic mass is 10.5. The molecule has 0 saturated heterocycles. The number of aromatic nitrogens is 1. The number of Topliss-reactive ketones (excluding diaryl/α,β-unsaturated/α-hetero) is 1. The minimum absolute atomic E-state index is 0.181. The van der Waals surface area contributed by atoms with E-state index >= 15 is 0 Å². The number of pyridine rings is 1. The van der Waals surface area contributed by atoms with E-state index < -0.39 is 0 Å². The number of thioether (sulfide) groups is 1. The molecule has 0 N–H and O–H groups in total. The second-order valence-electron chi connectivity index (χ2n) is 2.16. The first kappa shape index (κ1) is 8.27. The van der Waals surface area contributed by atoms with Crippen molar-refractivity contribution in [2.45, 2.75) is 11.9 Å². The van der Waals surface area contributed by atoms with Crippen LogP contribution in [0.2, 0.25) is 0 Å². The van der Waals surface area contributed by atoms with E-state index in [1.54, 1.807) is 13.1 Å². The van der Waals surface area contributed by atoms with Crippen LogP contribution in [0.4, 0.5) is 0 Å². The number of nitrogens with zero attached hydrogens (tertiary/aromatic N) is 1. The summed E-state index contributed by atoms with van der Waals surface area (Å²) in [5.41, 5.74) is 0. The van der Waals surface area contributed by atoms with Crippen LogP contribution in [0.5, 0.6) is 0 Å². The van der Waals surface area contributed by atoms with Gasteiger partial charge in [-0.1, -0.05) is 17.8 Å². The molecule has 1 heterocycles. The van der Waals surface area contributed by atoms with E-state index in [9.17, 15) is 4.79 Å². The molecule has 2 nitrogen and oxygen atoms in total. The van der Waals surface area contributed by atoms with Gasteiger partial charge in [-0.15, -0.1) is 0 Å². The van der Waals surface area contributed by atoms with Crippen molar-refractivity contribution in [2.24, 2.45) is 0 Å². The van der Waals surface area contributed by atoms with Crippen molar-refractivity contribution in [3.8, 4) is 0 Å². The van der Waals surface area contributed by atoms with Gasteiger partial charge in [-0.05, 0) is 19.1 Å². The fourth-order valence-corrected chi connectivity index (χ4v) is 1.27. The fraction of sp³-hybridized carbons (Fsp3) is 0.250. The molecule has 1 rings (SSSR count). The summed E-state index contributed by atoms with van der Waals surface area (Å²) in [6.07, 6.45) is 1.72. The number of hydrogen-bond donors (Lipinski definition) is 0. The Morgan fingerprint density at radius 3 is 3.00 bits per heavy atom. The average Bonchev–Trinajstić information content (AvgIpc) is 2.03. The molecule has 0 aromatic carbocycles. The normalized spacial score (nSPS) is 9.55. The van der Waals surface area contributed by atoms with E-state index in [1.807, 2.05) is 18.2 Å². The fourth-order valence-electron chi connectivity index (χ4n) is 0.608. The Morgan fingerprint density at radius 2 is 2.45 bits per heavy atom. The lowest BCUT2D eigenvalue weighted by molar-refractivity contribution is -0.114. The monoisotopic (exact) mass is 167 g/mol. The molecule has 0 bridgehead atoms. The Hall–Kier alpha value is -0.830. The quantitative estimate of drug-likeness (QED) is 0.642. The van der Waals surface area contributed by atoms with Crippen molar-refractivity contribution >= 4 is 17.5 Å². The molecule has 3 heteroatoms. The summed E-state index contributed by atoms with van der Waals surface area (Å²) in [4.78, 5) is 14.6. The van der Waals surface area contributed by atoms with Crippen LogP contribution in [0, 0.1) is 0 Å². The number of ketones is 1. The zero-order valence-corrected chi connectivity index (χ0v) is 7.10. The topological polar surface area (TPSA) is 30.0 Å². The van der Waals surface area contributed by atoms with Gasteiger partial charge in [0, 0.05) is 6.20 Å². The molecule has 0 fully saturated rings. The predicted octanol–water partition coefficient (Wildman–Crippen LogP) is 1.76. The standard InChI is InChI=1S/C8H9NOS/c1-7(10)6-11-8-4-2-3-5-9-8/h2-5H,6H2,1H3. The molecule has 0 unspecified atom stereocenters. The van der Waals surface area contributed by atoms with Gasteiger partial charge in [-0.2, -0.15) is 0 Å². The Bertz CT molecular complexity index is 235. The van der Waals surface area contributed by atoms with E-state index in [0.29, 0.717) is 5.75 Å². The number of rotatable bonds is 3. The minimum Gasteiger partial charge on any atom is -0.299 e. The van der Waals surface area contributed by atoms with Gasteiger partial charge < -0.3 is 0 Å². The summed E-state index contributed by atoms with van der Waals surface area (Å²) in [6.45, 7) is 1.58. The summed E-state index contributed by atoms with van der Waals surface area (Å²) in [5, 5.41) is 0.905. The van der Waals surface area contributed by atoms with Crippen molar-refractivity contribution in [2.75, 3.05) is 5.75 Å². The van der Waals surface area contributed by atoms with E-state index in [4.69, 9.17) is 0 Å². The molecule has 1 aromatic heterocycles. The zero-order valence-electron chi connectivity index (χ0n) is 6.28. The summed E-state index contributed by atoms with van der Waals surface area (Å²) in [5.74, 6) is 0.692. The second kappa shape index (κ2) is 4.13. The van der Waals surface area contributed by atoms with Gasteiger partial charge in [0.15, 0.2) is 0 Å². The Kier molecular flexibility index (Phi) is 3.11. The molecule has 0 spiro atoms.